The van der Waals surface area contributed by atoms with Crippen molar-refractivity contribution < 1.29 is 19.8 Å². The summed E-state index contributed by atoms with van der Waals surface area (Å²) in [6.07, 6.45) is 0.712. The first-order valence-electron chi connectivity index (χ1n) is 4.50. The Bertz CT molecular complexity index is 225. The van der Waals surface area contributed by atoms with Crippen LogP contribution in [0.1, 0.15) is 6.42 Å². The van der Waals surface area contributed by atoms with Crippen molar-refractivity contribution >= 4 is 11.9 Å². The second-order valence-electron chi connectivity index (χ2n) is 3.27. The number of carbonyl (C=O) groups is 2. The van der Waals surface area contributed by atoms with Crippen molar-refractivity contribution in [2.24, 2.45) is 5.92 Å². The van der Waals surface area contributed by atoms with Crippen LogP contribution in [0.4, 0.5) is 0 Å². The zero-order chi connectivity index (χ0) is 10.6. The van der Waals surface area contributed by atoms with E-state index in [1.165, 1.54) is 0 Å². The van der Waals surface area contributed by atoms with E-state index >= 15 is 0 Å². The molecule has 1 heterocycles. The van der Waals surface area contributed by atoms with Gasteiger partial charge in [-0.3, -0.25) is 4.79 Å². The highest BCUT2D eigenvalue weighted by molar-refractivity contribution is 5.85. The van der Waals surface area contributed by atoms with Crippen LogP contribution in [0.5, 0.6) is 0 Å². The number of aliphatic hydroxyl groups excluding tert-OH is 1. The van der Waals surface area contributed by atoms with Gasteiger partial charge in [0.1, 0.15) is 6.04 Å². The molecule has 0 radical (unpaired) electrons. The molecule has 1 unspecified atom stereocenters. The Hall–Kier alpha value is -1.14. The number of amides is 1. The van der Waals surface area contributed by atoms with E-state index in [0.29, 0.717) is 13.0 Å². The van der Waals surface area contributed by atoms with Crippen LogP contribution in [0.15, 0.2) is 0 Å². The quantitative estimate of drug-likeness (QED) is 0.429. The Kier molecular flexibility index (Phi) is 3.84. The number of hydrogen-bond donors (Lipinski definition) is 4. The minimum atomic E-state index is -1.22. The highest BCUT2D eigenvalue weighted by atomic mass is 16.4. The van der Waals surface area contributed by atoms with Gasteiger partial charge in [0.05, 0.1) is 12.5 Å². The summed E-state index contributed by atoms with van der Waals surface area (Å²) in [6, 6.07) is -1.19. The van der Waals surface area contributed by atoms with E-state index in [2.05, 4.69) is 10.6 Å². The number of nitrogens with one attached hydrogen (secondary N) is 2. The van der Waals surface area contributed by atoms with Crippen LogP contribution in [0, 0.1) is 5.92 Å². The molecule has 0 saturated carbocycles. The van der Waals surface area contributed by atoms with Crippen molar-refractivity contribution in [3.8, 4) is 0 Å². The van der Waals surface area contributed by atoms with E-state index < -0.39 is 18.6 Å². The van der Waals surface area contributed by atoms with Crippen molar-refractivity contribution in [2.75, 3.05) is 19.7 Å². The largest absolute Gasteiger partial charge is 0.480 e. The normalized spacial score (nSPS) is 23.1. The minimum Gasteiger partial charge on any atom is -0.480 e. The second-order valence-corrected chi connectivity index (χ2v) is 3.27. The van der Waals surface area contributed by atoms with Gasteiger partial charge in [-0.25, -0.2) is 4.79 Å². The van der Waals surface area contributed by atoms with Crippen molar-refractivity contribution in [3.05, 3.63) is 0 Å². The first-order chi connectivity index (χ1) is 6.65. The standard InChI is InChI=1S/C8H14N2O4/c11-4-6(8(13)14)10-7(12)5-1-2-9-3-5/h5-6,9,11H,1-4H2,(H,10,12)(H,13,14)/t5?,6-/m0/s1. The summed E-state index contributed by atoms with van der Waals surface area (Å²) in [4.78, 5) is 21.9. The smallest absolute Gasteiger partial charge is 0.328 e. The van der Waals surface area contributed by atoms with Crippen LogP contribution in [-0.2, 0) is 9.59 Å². The third-order valence-corrected chi connectivity index (χ3v) is 2.23. The van der Waals surface area contributed by atoms with Crippen molar-refractivity contribution in [3.63, 3.8) is 0 Å². The molecule has 1 amide bonds. The number of aliphatic hydroxyl groups is 1. The van der Waals surface area contributed by atoms with Crippen LogP contribution in [0.2, 0.25) is 0 Å². The maximum atomic E-state index is 11.4. The van der Waals surface area contributed by atoms with E-state index in [0.717, 1.165) is 6.54 Å². The Morgan fingerprint density at radius 3 is 2.71 bits per heavy atom. The fraction of sp³-hybridized carbons (Fsp3) is 0.750. The molecule has 0 bridgehead atoms. The van der Waals surface area contributed by atoms with Gasteiger partial charge >= 0.3 is 5.97 Å². The van der Waals surface area contributed by atoms with E-state index in [1.54, 1.807) is 0 Å². The summed E-state index contributed by atoms with van der Waals surface area (Å²) in [7, 11) is 0. The lowest BCUT2D eigenvalue weighted by molar-refractivity contribution is -0.143. The molecule has 4 N–H and O–H groups in total. The lowest BCUT2D eigenvalue weighted by atomic mass is 10.1. The maximum absolute atomic E-state index is 11.4. The molecule has 1 saturated heterocycles. The van der Waals surface area contributed by atoms with Crippen molar-refractivity contribution in [1.82, 2.24) is 10.6 Å². The molecule has 1 aliphatic heterocycles. The first-order valence-corrected chi connectivity index (χ1v) is 4.50. The monoisotopic (exact) mass is 202 g/mol. The average Bonchev–Trinajstić information content (AvgIpc) is 2.65. The Balaban J connectivity index is 2.41. The van der Waals surface area contributed by atoms with Gasteiger partial charge in [-0.05, 0) is 13.0 Å². The lowest BCUT2D eigenvalue weighted by Crippen LogP contribution is -2.46. The zero-order valence-electron chi connectivity index (χ0n) is 7.69. The number of aliphatic carboxylic acids is 1. The Labute approximate surface area is 81.3 Å². The minimum absolute atomic E-state index is 0.177. The third-order valence-electron chi connectivity index (χ3n) is 2.23. The lowest BCUT2D eigenvalue weighted by Gasteiger charge is -2.14. The van der Waals surface area contributed by atoms with Crippen LogP contribution in [0.3, 0.4) is 0 Å². The molecule has 6 heteroatoms. The van der Waals surface area contributed by atoms with E-state index in [9.17, 15) is 9.59 Å². The van der Waals surface area contributed by atoms with Gasteiger partial charge in [0.25, 0.3) is 0 Å². The Morgan fingerprint density at radius 2 is 2.29 bits per heavy atom. The highest BCUT2D eigenvalue weighted by Gasteiger charge is 2.26. The summed E-state index contributed by atoms with van der Waals surface area (Å²) >= 11 is 0. The van der Waals surface area contributed by atoms with E-state index in [1.807, 2.05) is 0 Å². The number of carbonyl (C=O) groups excluding carboxylic acids is 1. The predicted octanol–water partition coefficient (Wildman–Crippen LogP) is -1.84. The van der Waals surface area contributed by atoms with Gasteiger partial charge in [-0.1, -0.05) is 0 Å². The van der Waals surface area contributed by atoms with E-state index in [-0.39, 0.29) is 11.8 Å². The molecule has 0 aromatic heterocycles. The van der Waals surface area contributed by atoms with Crippen LogP contribution in [0.25, 0.3) is 0 Å². The number of hydrogen-bond acceptors (Lipinski definition) is 4. The zero-order valence-corrected chi connectivity index (χ0v) is 7.69. The van der Waals surface area contributed by atoms with Crippen LogP contribution < -0.4 is 10.6 Å². The summed E-state index contributed by atoms with van der Waals surface area (Å²) in [5.41, 5.74) is 0. The van der Waals surface area contributed by atoms with Crippen LogP contribution >= 0.6 is 0 Å². The molecule has 0 aromatic carbocycles. The van der Waals surface area contributed by atoms with Gasteiger partial charge in [-0.15, -0.1) is 0 Å². The SMILES string of the molecule is O=C(N[C@@H](CO)C(=O)O)C1CCNC1. The van der Waals surface area contributed by atoms with Gasteiger partial charge in [0.2, 0.25) is 5.91 Å². The molecule has 0 spiro atoms. The molecule has 14 heavy (non-hydrogen) atoms. The predicted molar refractivity (Wildman–Crippen MR) is 47.6 cm³/mol. The molecule has 1 aliphatic rings. The van der Waals surface area contributed by atoms with Crippen LogP contribution in [-0.4, -0.2) is 47.8 Å². The van der Waals surface area contributed by atoms with Gasteiger partial charge in [-0.2, -0.15) is 0 Å². The average molecular weight is 202 g/mol. The highest BCUT2D eigenvalue weighted by Crippen LogP contribution is 2.07. The molecule has 2 atom stereocenters. The Morgan fingerprint density at radius 1 is 1.57 bits per heavy atom. The third kappa shape index (κ3) is 2.68. The second kappa shape index (κ2) is 4.92. The fourth-order valence-corrected chi connectivity index (χ4v) is 1.35. The molecule has 0 aliphatic carbocycles. The van der Waals surface area contributed by atoms with Gasteiger partial charge in [0, 0.05) is 6.54 Å². The van der Waals surface area contributed by atoms with E-state index in [4.69, 9.17) is 10.2 Å². The molecule has 6 nitrogen and oxygen atoms in total. The topological polar surface area (TPSA) is 98.7 Å². The molecule has 1 rings (SSSR count). The summed E-state index contributed by atoms with van der Waals surface area (Å²) < 4.78 is 0. The summed E-state index contributed by atoms with van der Waals surface area (Å²) in [5, 5.41) is 22.5. The number of carboxylic acids is 1. The fourth-order valence-electron chi connectivity index (χ4n) is 1.35. The summed E-state index contributed by atoms with van der Waals surface area (Å²) in [5.74, 6) is -1.70. The molecule has 0 aromatic rings. The maximum Gasteiger partial charge on any atom is 0.328 e. The van der Waals surface area contributed by atoms with Crippen molar-refractivity contribution in [2.45, 2.75) is 12.5 Å². The molecular formula is C8H14N2O4. The number of carboxylic acid groups (broad SMARTS) is 1. The first kappa shape index (κ1) is 10.9. The number of rotatable bonds is 4. The van der Waals surface area contributed by atoms with Gasteiger partial charge < -0.3 is 20.8 Å². The van der Waals surface area contributed by atoms with Gasteiger partial charge in [0.15, 0.2) is 0 Å². The molecular weight excluding hydrogens is 188 g/mol. The summed E-state index contributed by atoms with van der Waals surface area (Å²) in [6.45, 7) is 0.764. The molecule has 1 fully saturated rings. The van der Waals surface area contributed by atoms with Crippen molar-refractivity contribution in [1.29, 1.82) is 0 Å². The molecule has 80 valence electrons.